The maximum absolute atomic E-state index is 4.57. The third kappa shape index (κ3) is 6.43. The lowest BCUT2D eigenvalue weighted by Crippen LogP contribution is -1.98. The first-order chi connectivity index (χ1) is 11.2. The molecule has 0 spiro atoms. The normalized spacial score (nSPS) is 11.2. The summed E-state index contributed by atoms with van der Waals surface area (Å²) in [7, 11) is 0. The van der Waals surface area contributed by atoms with Crippen LogP contribution in [0.2, 0.25) is 0 Å². The molecule has 0 saturated carbocycles. The molecule has 0 atom stereocenters. The molecule has 0 aromatic carbocycles. The molecular formula is C22H34N2. The molecule has 2 aromatic rings. The zero-order chi connectivity index (χ0) is 18.3. The van der Waals surface area contributed by atoms with E-state index in [-0.39, 0.29) is 0 Å². The monoisotopic (exact) mass is 326 g/mol. The maximum atomic E-state index is 4.57. The van der Waals surface area contributed by atoms with E-state index in [0.717, 1.165) is 0 Å². The van der Waals surface area contributed by atoms with Crippen LogP contribution < -0.4 is 0 Å². The Morgan fingerprint density at radius 2 is 1.04 bits per heavy atom. The van der Waals surface area contributed by atoms with Gasteiger partial charge in [0.2, 0.25) is 0 Å². The highest BCUT2D eigenvalue weighted by molar-refractivity contribution is 5.22. The van der Waals surface area contributed by atoms with Gasteiger partial charge in [0.25, 0.3) is 0 Å². The van der Waals surface area contributed by atoms with Gasteiger partial charge in [0.15, 0.2) is 0 Å². The van der Waals surface area contributed by atoms with Crippen molar-refractivity contribution in [3.63, 3.8) is 0 Å². The summed E-state index contributed by atoms with van der Waals surface area (Å²) in [5.41, 5.74) is 5.06. The largest absolute Gasteiger partial charge is 0.264 e. The first kappa shape index (κ1) is 20.3. The molecular weight excluding hydrogens is 292 g/mol. The van der Waals surface area contributed by atoms with Crippen molar-refractivity contribution in [2.75, 3.05) is 0 Å². The van der Waals surface area contributed by atoms with Gasteiger partial charge in [-0.25, -0.2) is 0 Å². The lowest BCUT2D eigenvalue weighted by atomic mass is 9.99. The Balaban J connectivity index is 0.000000240. The molecule has 24 heavy (non-hydrogen) atoms. The van der Waals surface area contributed by atoms with Crippen LogP contribution in [0.15, 0.2) is 36.7 Å². The van der Waals surface area contributed by atoms with E-state index < -0.39 is 0 Å². The fraction of sp³-hybridized carbons (Fsp3) is 0.545. The molecule has 0 radical (unpaired) electrons. The molecule has 0 amide bonds. The van der Waals surface area contributed by atoms with Crippen molar-refractivity contribution >= 4 is 0 Å². The summed E-state index contributed by atoms with van der Waals surface area (Å²) in [6.45, 7) is 17.5. The number of pyridine rings is 2. The molecule has 0 N–H and O–H groups in total. The second-order valence-corrected chi connectivity index (χ2v) is 7.66. The summed E-state index contributed by atoms with van der Waals surface area (Å²) in [6.07, 6.45) is 3.91. The second kappa shape index (κ2) is 9.56. The van der Waals surface area contributed by atoms with E-state index in [1.807, 2.05) is 12.4 Å². The standard InChI is InChI=1S/2C11H17N/c1-8(2)10-5-11(9(3)4)7-12-6-10;1-8(2)10-6-5-7-11(12-10)9(3)4/h2*5-9H,1-4H3. The Hall–Kier alpha value is -1.70. The van der Waals surface area contributed by atoms with Gasteiger partial charge >= 0.3 is 0 Å². The number of hydrogen-bond donors (Lipinski definition) is 0. The van der Waals surface area contributed by atoms with E-state index in [2.05, 4.69) is 89.6 Å². The van der Waals surface area contributed by atoms with Crippen molar-refractivity contribution in [1.29, 1.82) is 0 Å². The highest BCUT2D eigenvalue weighted by atomic mass is 14.7. The molecule has 2 heteroatoms. The zero-order valence-electron chi connectivity index (χ0n) is 16.7. The molecule has 0 aliphatic carbocycles. The first-order valence-corrected chi connectivity index (χ1v) is 9.14. The molecule has 132 valence electrons. The number of hydrogen-bond acceptors (Lipinski definition) is 2. The van der Waals surface area contributed by atoms with Gasteiger partial charge in [0, 0.05) is 23.8 Å². The molecule has 0 aliphatic rings. The van der Waals surface area contributed by atoms with Gasteiger partial charge in [0.05, 0.1) is 0 Å². The summed E-state index contributed by atoms with van der Waals surface area (Å²) < 4.78 is 0. The summed E-state index contributed by atoms with van der Waals surface area (Å²) in [5.74, 6) is 2.22. The minimum Gasteiger partial charge on any atom is -0.264 e. The molecule has 2 nitrogen and oxygen atoms in total. The summed E-state index contributed by atoms with van der Waals surface area (Å²) in [5, 5.41) is 0. The van der Waals surface area contributed by atoms with Crippen molar-refractivity contribution in [3.05, 3.63) is 59.2 Å². The van der Waals surface area contributed by atoms with E-state index in [1.165, 1.54) is 22.5 Å². The molecule has 0 aliphatic heterocycles. The fourth-order valence-corrected chi connectivity index (χ4v) is 2.22. The van der Waals surface area contributed by atoms with Crippen molar-refractivity contribution in [1.82, 2.24) is 9.97 Å². The van der Waals surface area contributed by atoms with Crippen LogP contribution in [0, 0.1) is 0 Å². The topological polar surface area (TPSA) is 25.8 Å². The van der Waals surface area contributed by atoms with Crippen LogP contribution in [0.25, 0.3) is 0 Å². The van der Waals surface area contributed by atoms with Gasteiger partial charge in [-0.3, -0.25) is 9.97 Å². The van der Waals surface area contributed by atoms with Crippen LogP contribution in [0.1, 0.15) is 102 Å². The quantitative estimate of drug-likeness (QED) is 0.628. The lowest BCUT2D eigenvalue weighted by molar-refractivity contribution is 0.765. The minimum atomic E-state index is 0.531. The summed E-state index contributed by atoms with van der Waals surface area (Å²) in [6, 6.07) is 8.53. The molecule has 0 fully saturated rings. The molecule has 0 saturated heterocycles. The molecule has 0 bridgehead atoms. The molecule has 2 rings (SSSR count). The Kier molecular flexibility index (Phi) is 8.10. The van der Waals surface area contributed by atoms with E-state index in [4.69, 9.17) is 0 Å². The predicted molar refractivity (Wildman–Crippen MR) is 105 cm³/mol. The van der Waals surface area contributed by atoms with Gasteiger partial charge < -0.3 is 0 Å². The Morgan fingerprint density at radius 3 is 1.38 bits per heavy atom. The highest BCUT2D eigenvalue weighted by Crippen LogP contribution is 2.19. The van der Waals surface area contributed by atoms with Crippen molar-refractivity contribution in [3.8, 4) is 0 Å². The van der Waals surface area contributed by atoms with E-state index in [9.17, 15) is 0 Å². The number of rotatable bonds is 4. The highest BCUT2D eigenvalue weighted by Gasteiger charge is 2.04. The third-order valence-electron chi connectivity index (χ3n) is 4.09. The maximum Gasteiger partial charge on any atom is 0.0432 e. The van der Waals surface area contributed by atoms with E-state index >= 15 is 0 Å². The Bertz CT molecular complexity index is 511. The van der Waals surface area contributed by atoms with E-state index in [1.54, 1.807) is 0 Å². The zero-order valence-corrected chi connectivity index (χ0v) is 16.7. The van der Waals surface area contributed by atoms with Crippen LogP contribution in [-0.4, -0.2) is 9.97 Å². The molecule has 2 heterocycles. The van der Waals surface area contributed by atoms with Crippen molar-refractivity contribution < 1.29 is 0 Å². The third-order valence-corrected chi connectivity index (χ3v) is 4.09. The van der Waals surface area contributed by atoms with Crippen molar-refractivity contribution in [2.24, 2.45) is 0 Å². The van der Waals surface area contributed by atoms with Gasteiger partial charge in [0.1, 0.15) is 0 Å². The SMILES string of the molecule is CC(C)c1cccc(C(C)C)n1.CC(C)c1cncc(C(C)C)c1. The van der Waals surface area contributed by atoms with Crippen LogP contribution in [0.5, 0.6) is 0 Å². The van der Waals surface area contributed by atoms with Crippen molar-refractivity contribution in [2.45, 2.75) is 79.1 Å². The van der Waals surface area contributed by atoms with Crippen LogP contribution in [-0.2, 0) is 0 Å². The number of nitrogens with zero attached hydrogens (tertiary/aromatic N) is 2. The lowest BCUT2D eigenvalue weighted by Gasteiger charge is -2.09. The van der Waals surface area contributed by atoms with E-state index in [0.29, 0.717) is 23.7 Å². The smallest absolute Gasteiger partial charge is 0.0432 e. The van der Waals surface area contributed by atoms with Gasteiger partial charge in [-0.1, -0.05) is 67.5 Å². The summed E-state index contributed by atoms with van der Waals surface area (Å²) >= 11 is 0. The summed E-state index contributed by atoms with van der Waals surface area (Å²) in [4.78, 5) is 8.80. The van der Waals surface area contributed by atoms with Crippen LogP contribution in [0.4, 0.5) is 0 Å². The average Bonchev–Trinajstić information content (AvgIpc) is 2.55. The number of aromatic nitrogens is 2. The van der Waals surface area contributed by atoms with Crippen LogP contribution >= 0.6 is 0 Å². The Morgan fingerprint density at radius 1 is 0.625 bits per heavy atom. The van der Waals surface area contributed by atoms with Gasteiger partial charge in [-0.15, -0.1) is 0 Å². The Labute approximate surface area is 148 Å². The molecule has 0 unspecified atom stereocenters. The predicted octanol–water partition coefficient (Wildman–Crippen LogP) is 6.66. The minimum absolute atomic E-state index is 0.531. The van der Waals surface area contributed by atoms with Gasteiger partial charge in [-0.2, -0.15) is 0 Å². The molecule has 2 aromatic heterocycles. The van der Waals surface area contributed by atoms with Gasteiger partial charge in [-0.05, 0) is 46.9 Å². The van der Waals surface area contributed by atoms with Crippen LogP contribution in [0.3, 0.4) is 0 Å². The first-order valence-electron chi connectivity index (χ1n) is 9.14. The average molecular weight is 327 g/mol. The second-order valence-electron chi connectivity index (χ2n) is 7.66. The fourth-order valence-electron chi connectivity index (χ4n) is 2.22.